The number of hydrogen-bond acceptors (Lipinski definition) is 19. The van der Waals surface area contributed by atoms with Gasteiger partial charge < -0.3 is 22.3 Å². The molecular weight excluding hydrogens is 1240 g/mol. The number of nitrogen functional groups attached to an aromatic ring is 2. The molecule has 0 radical (unpaired) electrons. The minimum Gasteiger partial charge on any atom is -0.381 e. The Kier molecular flexibility index (Phi) is 41.5. The van der Waals surface area contributed by atoms with Crippen molar-refractivity contribution in [2.75, 3.05) is 30.5 Å². The van der Waals surface area contributed by atoms with Gasteiger partial charge in [0.1, 0.15) is 33.4 Å². The van der Waals surface area contributed by atoms with Crippen molar-refractivity contribution in [1.82, 2.24) is 54.8 Å². The number of carboxylic acids is 1. The molecule has 7 N–H and O–H groups in total. The molecule has 84 heavy (non-hydrogen) atoms. The quantitative estimate of drug-likeness (QED) is 0.0258. The van der Waals surface area contributed by atoms with Gasteiger partial charge in [0.05, 0.1) is 47.3 Å². The molecule has 5 aromatic rings. The summed E-state index contributed by atoms with van der Waals surface area (Å²) in [6.45, 7) is 25.0. The van der Waals surface area contributed by atoms with Crippen molar-refractivity contribution in [3.63, 3.8) is 0 Å². The number of amides is 3. The number of carboxylic acid groups (broad SMARTS) is 1. The van der Waals surface area contributed by atoms with Gasteiger partial charge >= 0.3 is 114 Å². The number of carbonyl (C=O) groups is 5. The first-order valence-electron chi connectivity index (χ1n) is 26.8. The number of allylic oxidation sites excluding steroid dienone is 2. The number of urea groups is 1. The second kappa shape index (κ2) is 46.1. The molecule has 25 heteroatoms. The van der Waals surface area contributed by atoms with Gasteiger partial charge in [-0.15, -0.1) is 18.1 Å². The molecule has 1 aliphatic heterocycles. The first-order chi connectivity index (χ1) is 40.3. The monoisotopic (exact) mass is 1320 g/mol. The number of primary amides is 1. The van der Waals surface area contributed by atoms with E-state index in [1.54, 1.807) is 107 Å². The Balaban J connectivity index is 0.000000953. The van der Waals surface area contributed by atoms with Gasteiger partial charge in [-0.1, -0.05) is 37.5 Å². The Morgan fingerprint density at radius 1 is 0.690 bits per heavy atom. The number of anilines is 3. The third-order valence-corrected chi connectivity index (χ3v) is 26.0. The maximum absolute atomic E-state index is 11.4. The van der Waals surface area contributed by atoms with Gasteiger partial charge in [-0.25, -0.2) is 24.7 Å². The van der Waals surface area contributed by atoms with E-state index in [0.29, 0.717) is 76.3 Å². The van der Waals surface area contributed by atoms with Crippen LogP contribution in [0, 0.1) is 4.91 Å². The van der Waals surface area contributed by atoms with Gasteiger partial charge in [0.2, 0.25) is 5.91 Å². The molecule has 23 nitrogen and oxygen atoms in total. The SMILES string of the molecule is C=CCC(=O)Cc1nccnc1C=C.C=CCC(=O)O.C=Cc1nccnc1N.C=[CH][Sn]([CH2]CCC)([CH2]CCC)[CH2]CCC.CN(N=O)C(N)=O.CN1C(=O)CC=Cc2nccnc21.Nc1nccnc1Br.O=C1CC=Cc2nccnc2C1. The van der Waals surface area contributed by atoms with E-state index in [1.807, 2.05) is 18.2 Å². The minimum atomic E-state index is -1.85. The Bertz CT molecular complexity index is 2890. The standard InChI is InChI=1S/C11H12N2O.C9H9N3O.C9H8N2O.C6H7N3.C4H4BrN3.C4H6O2.3C4H9.C2H5N3O2.C2H3.Sn/c1-3-5-9(14)8-11-10(4-2)12-6-7-13-11;1-12-8(13)4-2-3-7-9(12)11-6-5-10-7;12-7-2-1-3-8-9(6-7)11-5-4-10-8;1-2-5-6(7)9-4-3-8-5;5-3-4(6)8-2-1-7-3;1-2-3-4(5)6;3*1-3-4-2;1-5(4-7)2(3)6;1-2;/h3-4,6-7H,1-2,5,8H2;2-3,5-6H,4H2,1H3;1,3-5H,2,6H2;2-4H,1H2,(H2,7,9);1-2H,(H2,6,8);2H,1,3H2,(H,5,6);3*1,3-4H2,2H3;1H3,(H2,3,6);1H,2H2;. The molecule has 0 spiro atoms. The summed E-state index contributed by atoms with van der Waals surface area (Å²) in [6, 6.07) is -0.852. The van der Waals surface area contributed by atoms with E-state index in [0.717, 1.165) is 17.1 Å². The van der Waals surface area contributed by atoms with Crippen LogP contribution in [-0.4, -0.2) is 122 Å². The van der Waals surface area contributed by atoms with E-state index < -0.39 is 30.4 Å². The summed E-state index contributed by atoms with van der Waals surface area (Å²) in [4.78, 5) is 104. The second-order valence-electron chi connectivity index (χ2n) is 17.8. The fourth-order valence-corrected chi connectivity index (χ4v) is 20.0. The third-order valence-electron chi connectivity index (χ3n) is 11.4. The van der Waals surface area contributed by atoms with Crippen LogP contribution in [0.1, 0.15) is 119 Å². The molecule has 5 aromatic heterocycles. The number of aromatic nitrogens is 10. The predicted octanol–water partition coefficient (Wildman–Crippen LogP) is 11.1. The fourth-order valence-electron chi connectivity index (χ4n) is 6.84. The molecule has 7 rings (SSSR count). The number of aliphatic carboxylic acids is 1. The van der Waals surface area contributed by atoms with Gasteiger partial charge in [-0.3, -0.25) is 54.0 Å². The van der Waals surface area contributed by atoms with Gasteiger partial charge in [-0.05, 0) is 40.2 Å². The smallest absolute Gasteiger partial charge is 0.337 e. The van der Waals surface area contributed by atoms with Gasteiger partial charge in [0, 0.05) is 95.3 Å². The van der Waals surface area contributed by atoms with E-state index in [1.165, 1.54) is 56.5 Å². The van der Waals surface area contributed by atoms with E-state index in [2.05, 4.69) is 135 Å². The van der Waals surface area contributed by atoms with Crippen molar-refractivity contribution in [2.45, 2.75) is 111 Å². The maximum Gasteiger partial charge on any atom is 0.337 e. The largest absolute Gasteiger partial charge is 0.381 e. The number of halogens is 1. The van der Waals surface area contributed by atoms with Crippen molar-refractivity contribution in [2.24, 2.45) is 11.0 Å². The van der Waals surface area contributed by atoms with Gasteiger partial charge in [0.25, 0.3) is 0 Å². The summed E-state index contributed by atoms with van der Waals surface area (Å²) < 4.78 is 7.76. The van der Waals surface area contributed by atoms with Crippen LogP contribution in [0.3, 0.4) is 0 Å². The molecule has 6 heterocycles. The van der Waals surface area contributed by atoms with E-state index in [-0.39, 0.29) is 23.9 Å². The number of nitrogens with zero attached hydrogens (tertiary/aromatic N) is 13. The van der Waals surface area contributed by atoms with Crippen molar-refractivity contribution in [1.29, 1.82) is 0 Å². The molecule has 2 aliphatic rings. The first kappa shape index (κ1) is 75.6. The van der Waals surface area contributed by atoms with E-state index in [4.69, 9.17) is 16.6 Å². The fraction of sp³-hybridized carbons (Fsp3) is 0.339. The van der Waals surface area contributed by atoms with Gasteiger partial charge in [0.15, 0.2) is 11.6 Å². The molecule has 3 amide bonds. The van der Waals surface area contributed by atoms with E-state index in [9.17, 15) is 28.9 Å². The second-order valence-corrected chi connectivity index (χ2v) is 31.8. The van der Waals surface area contributed by atoms with E-state index >= 15 is 0 Å². The summed E-state index contributed by atoms with van der Waals surface area (Å²) in [5.74, 6) is 0.968. The Labute approximate surface area is 506 Å². The third kappa shape index (κ3) is 32.9. The molecular formula is C59H81BrN16O7Sn. The molecule has 0 aromatic carbocycles. The summed E-state index contributed by atoms with van der Waals surface area (Å²) in [5.41, 5.74) is 19.6. The molecule has 0 unspecified atom stereocenters. The van der Waals surface area contributed by atoms with Crippen LogP contribution in [0.2, 0.25) is 13.3 Å². The summed E-state index contributed by atoms with van der Waals surface area (Å²) >= 11 is 1.25. The Morgan fingerprint density at radius 2 is 1.18 bits per heavy atom. The number of carbonyl (C=O) groups excluding carboxylic acids is 4. The molecule has 0 saturated heterocycles. The van der Waals surface area contributed by atoms with Crippen LogP contribution in [-0.2, 0) is 32.0 Å². The number of rotatable bonds is 19. The summed E-state index contributed by atoms with van der Waals surface area (Å²) in [7, 11) is 2.89. The average Bonchev–Trinajstić information content (AvgIpc) is 4.06. The Morgan fingerprint density at radius 3 is 1.63 bits per heavy atom. The number of Topliss-reactive ketones (excluding diaryl/α,β-unsaturated/α-hetero) is 2. The Hall–Kier alpha value is -8.39. The predicted molar refractivity (Wildman–Crippen MR) is 341 cm³/mol. The molecule has 0 fully saturated rings. The van der Waals surface area contributed by atoms with Crippen LogP contribution in [0.25, 0.3) is 24.3 Å². The maximum atomic E-state index is 11.4. The number of hydrogen-bond donors (Lipinski definition) is 4. The molecule has 450 valence electrons. The zero-order valence-corrected chi connectivity index (χ0v) is 53.4. The number of fused-ring (bicyclic) bond motifs is 2. The molecule has 0 bridgehead atoms. The van der Waals surface area contributed by atoms with Gasteiger partial charge in [-0.2, -0.15) is 5.01 Å². The van der Waals surface area contributed by atoms with Crippen molar-refractivity contribution in [3.8, 4) is 0 Å². The minimum absolute atomic E-state index is 0.0375. The number of unbranched alkanes of at least 4 members (excludes halogenated alkanes) is 3. The number of nitrogens with two attached hydrogens (primary N) is 3. The van der Waals surface area contributed by atoms with Crippen LogP contribution in [0.4, 0.5) is 22.2 Å². The molecule has 1 aliphatic carbocycles. The topological polar surface area (TPSA) is 348 Å². The van der Waals surface area contributed by atoms with Crippen LogP contribution in [0.5, 0.6) is 0 Å². The summed E-state index contributed by atoms with van der Waals surface area (Å²) in [5, 5.41) is 10.5. The molecule has 0 atom stereocenters. The van der Waals surface area contributed by atoms with Crippen LogP contribution >= 0.6 is 15.9 Å². The van der Waals surface area contributed by atoms with Crippen molar-refractivity contribution >= 4 is 106 Å². The first-order valence-corrected chi connectivity index (χ1v) is 35.3. The molecule has 0 saturated carbocycles. The average molecular weight is 1330 g/mol. The number of ketones is 2. The normalized spacial score (nSPS) is 11.2. The zero-order chi connectivity index (χ0) is 63.1. The number of nitroso groups, excluding NO2 is 1. The van der Waals surface area contributed by atoms with Crippen molar-refractivity contribution in [3.05, 3.63) is 167 Å². The van der Waals surface area contributed by atoms with Crippen LogP contribution in [0.15, 0.2) is 133 Å². The van der Waals surface area contributed by atoms with Crippen LogP contribution < -0.4 is 22.1 Å². The zero-order valence-electron chi connectivity index (χ0n) is 48.9. The summed E-state index contributed by atoms with van der Waals surface area (Å²) in [6.07, 6.45) is 39.8. The van der Waals surface area contributed by atoms with Crippen molar-refractivity contribution < 1.29 is 29.1 Å².